The molecule has 128 valence electrons. The largest absolute Gasteiger partial charge is 0.444 e. The Hall–Kier alpha value is -2.08. The average molecular weight is 322 g/mol. The SMILES string of the molecule is CCN(Cc1ccc(C(=O)N(C)OC)cc1)C(=O)OC(C)(C)C. The molecule has 0 spiro atoms. The second-order valence-electron chi connectivity index (χ2n) is 6.18. The molecule has 0 aliphatic carbocycles. The number of hydroxylamine groups is 2. The van der Waals surface area contributed by atoms with Crippen LogP contribution >= 0.6 is 0 Å². The molecule has 0 fully saturated rings. The number of rotatable bonds is 5. The zero-order valence-corrected chi connectivity index (χ0v) is 14.8. The van der Waals surface area contributed by atoms with E-state index in [1.54, 1.807) is 24.1 Å². The lowest BCUT2D eigenvalue weighted by molar-refractivity contribution is -0.0757. The summed E-state index contributed by atoms with van der Waals surface area (Å²) < 4.78 is 5.38. The second-order valence-corrected chi connectivity index (χ2v) is 6.18. The van der Waals surface area contributed by atoms with Crippen LogP contribution < -0.4 is 0 Å². The van der Waals surface area contributed by atoms with Gasteiger partial charge >= 0.3 is 6.09 Å². The minimum absolute atomic E-state index is 0.224. The van der Waals surface area contributed by atoms with E-state index in [0.29, 0.717) is 18.7 Å². The van der Waals surface area contributed by atoms with Crippen LogP contribution in [0.3, 0.4) is 0 Å². The van der Waals surface area contributed by atoms with E-state index in [-0.39, 0.29) is 12.0 Å². The molecular weight excluding hydrogens is 296 g/mol. The minimum Gasteiger partial charge on any atom is -0.444 e. The molecule has 23 heavy (non-hydrogen) atoms. The van der Waals surface area contributed by atoms with Crippen LogP contribution in [-0.2, 0) is 16.1 Å². The lowest BCUT2D eigenvalue weighted by Gasteiger charge is -2.26. The van der Waals surface area contributed by atoms with Crippen molar-refractivity contribution >= 4 is 12.0 Å². The first-order valence-electron chi connectivity index (χ1n) is 7.57. The Morgan fingerprint density at radius 2 is 1.70 bits per heavy atom. The van der Waals surface area contributed by atoms with E-state index in [1.807, 2.05) is 39.8 Å². The van der Waals surface area contributed by atoms with Gasteiger partial charge in [-0.3, -0.25) is 9.63 Å². The van der Waals surface area contributed by atoms with Crippen LogP contribution in [0.5, 0.6) is 0 Å². The highest BCUT2D eigenvalue weighted by molar-refractivity contribution is 5.93. The van der Waals surface area contributed by atoms with Crippen molar-refractivity contribution in [1.29, 1.82) is 0 Å². The molecule has 1 aromatic carbocycles. The van der Waals surface area contributed by atoms with Crippen molar-refractivity contribution in [3.05, 3.63) is 35.4 Å². The number of hydrogen-bond donors (Lipinski definition) is 0. The van der Waals surface area contributed by atoms with Crippen LogP contribution in [0.15, 0.2) is 24.3 Å². The summed E-state index contributed by atoms with van der Waals surface area (Å²) in [5.74, 6) is -0.224. The number of carbonyl (C=O) groups excluding carboxylic acids is 2. The summed E-state index contributed by atoms with van der Waals surface area (Å²) in [7, 11) is 2.99. The lowest BCUT2D eigenvalue weighted by atomic mass is 10.1. The smallest absolute Gasteiger partial charge is 0.410 e. The fourth-order valence-corrected chi connectivity index (χ4v) is 1.87. The van der Waals surface area contributed by atoms with Gasteiger partial charge in [-0.2, -0.15) is 0 Å². The highest BCUT2D eigenvalue weighted by Crippen LogP contribution is 2.14. The Morgan fingerprint density at radius 3 is 2.13 bits per heavy atom. The molecule has 2 amide bonds. The predicted octanol–water partition coefficient (Wildman–Crippen LogP) is 3.08. The summed E-state index contributed by atoms with van der Waals surface area (Å²) in [6.07, 6.45) is -0.348. The maximum Gasteiger partial charge on any atom is 0.410 e. The molecule has 6 heteroatoms. The fraction of sp³-hybridized carbons (Fsp3) is 0.529. The molecule has 0 unspecified atom stereocenters. The van der Waals surface area contributed by atoms with Gasteiger partial charge < -0.3 is 9.64 Å². The van der Waals surface area contributed by atoms with Gasteiger partial charge in [0.05, 0.1) is 7.11 Å². The number of carbonyl (C=O) groups is 2. The maximum atomic E-state index is 12.1. The average Bonchev–Trinajstić information content (AvgIpc) is 2.49. The van der Waals surface area contributed by atoms with E-state index in [0.717, 1.165) is 10.6 Å². The quantitative estimate of drug-likeness (QED) is 0.782. The second kappa shape index (κ2) is 7.97. The molecule has 0 saturated heterocycles. The molecule has 0 saturated carbocycles. The minimum atomic E-state index is -0.522. The van der Waals surface area contributed by atoms with E-state index in [4.69, 9.17) is 9.57 Å². The first-order chi connectivity index (χ1) is 10.7. The normalized spacial score (nSPS) is 11.0. The standard InChI is InChI=1S/C17H26N2O4/c1-7-19(16(21)23-17(2,3)4)12-13-8-10-14(11-9-13)15(20)18(5)22-6/h8-11H,7,12H2,1-6H3. The van der Waals surface area contributed by atoms with Gasteiger partial charge in [0.2, 0.25) is 0 Å². The first-order valence-corrected chi connectivity index (χ1v) is 7.57. The maximum absolute atomic E-state index is 12.1. The van der Waals surface area contributed by atoms with Crippen molar-refractivity contribution < 1.29 is 19.2 Å². The van der Waals surface area contributed by atoms with Gasteiger partial charge in [-0.25, -0.2) is 9.86 Å². The molecule has 1 rings (SSSR count). The summed E-state index contributed by atoms with van der Waals surface area (Å²) in [5, 5.41) is 1.16. The Bertz CT molecular complexity index is 535. The summed E-state index contributed by atoms with van der Waals surface area (Å²) in [6, 6.07) is 7.08. The highest BCUT2D eigenvalue weighted by Gasteiger charge is 2.21. The van der Waals surface area contributed by atoms with Crippen LogP contribution in [0.2, 0.25) is 0 Å². The number of ether oxygens (including phenoxy) is 1. The van der Waals surface area contributed by atoms with Crippen molar-refractivity contribution in [1.82, 2.24) is 9.96 Å². The molecule has 0 radical (unpaired) electrons. The van der Waals surface area contributed by atoms with E-state index >= 15 is 0 Å². The van der Waals surface area contributed by atoms with Crippen molar-refractivity contribution in [2.45, 2.75) is 39.8 Å². The molecule has 1 aromatic rings. The van der Waals surface area contributed by atoms with E-state index in [9.17, 15) is 9.59 Å². The molecule has 6 nitrogen and oxygen atoms in total. The summed E-state index contributed by atoms with van der Waals surface area (Å²) >= 11 is 0. The topological polar surface area (TPSA) is 59.1 Å². The Kier molecular flexibility index (Phi) is 6.57. The third-order valence-electron chi connectivity index (χ3n) is 3.17. The Morgan fingerprint density at radius 1 is 1.13 bits per heavy atom. The fourth-order valence-electron chi connectivity index (χ4n) is 1.87. The molecular formula is C17H26N2O4. The molecule has 0 atom stereocenters. The van der Waals surface area contributed by atoms with Gasteiger partial charge in [0.15, 0.2) is 0 Å². The molecule has 0 N–H and O–H groups in total. The molecule has 0 aromatic heterocycles. The Labute approximate surface area is 137 Å². The summed E-state index contributed by atoms with van der Waals surface area (Å²) in [4.78, 5) is 30.6. The molecule has 0 aliphatic rings. The van der Waals surface area contributed by atoms with Crippen LogP contribution in [0.1, 0.15) is 43.6 Å². The number of hydrogen-bond acceptors (Lipinski definition) is 4. The monoisotopic (exact) mass is 322 g/mol. The summed E-state index contributed by atoms with van der Waals surface area (Å²) in [5.41, 5.74) is 0.929. The molecule has 0 bridgehead atoms. The van der Waals surface area contributed by atoms with Crippen molar-refractivity contribution in [3.63, 3.8) is 0 Å². The van der Waals surface area contributed by atoms with Gasteiger partial charge in [0.1, 0.15) is 5.60 Å². The lowest BCUT2D eigenvalue weighted by Crippen LogP contribution is -2.36. The predicted molar refractivity (Wildman–Crippen MR) is 87.9 cm³/mol. The third kappa shape index (κ3) is 5.90. The van der Waals surface area contributed by atoms with Crippen LogP contribution in [0.4, 0.5) is 4.79 Å². The van der Waals surface area contributed by atoms with Crippen LogP contribution in [-0.4, -0.2) is 48.3 Å². The van der Waals surface area contributed by atoms with Crippen molar-refractivity contribution in [2.75, 3.05) is 20.7 Å². The van der Waals surface area contributed by atoms with E-state index in [1.165, 1.54) is 7.11 Å². The number of nitrogens with zero attached hydrogens (tertiary/aromatic N) is 2. The van der Waals surface area contributed by atoms with Crippen molar-refractivity contribution in [2.24, 2.45) is 0 Å². The van der Waals surface area contributed by atoms with E-state index < -0.39 is 5.60 Å². The zero-order chi connectivity index (χ0) is 17.6. The number of benzene rings is 1. The number of amides is 2. The van der Waals surface area contributed by atoms with Crippen LogP contribution in [0, 0.1) is 0 Å². The highest BCUT2D eigenvalue weighted by atomic mass is 16.7. The Balaban J connectivity index is 2.76. The van der Waals surface area contributed by atoms with E-state index in [2.05, 4.69) is 0 Å². The van der Waals surface area contributed by atoms with Gasteiger partial charge in [0, 0.05) is 25.7 Å². The molecule has 0 heterocycles. The first kappa shape index (κ1) is 19.0. The van der Waals surface area contributed by atoms with Gasteiger partial charge in [-0.15, -0.1) is 0 Å². The third-order valence-corrected chi connectivity index (χ3v) is 3.17. The molecule has 0 aliphatic heterocycles. The van der Waals surface area contributed by atoms with Crippen LogP contribution in [0.25, 0.3) is 0 Å². The van der Waals surface area contributed by atoms with Gasteiger partial charge in [-0.1, -0.05) is 12.1 Å². The van der Waals surface area contributed by atoms with Gasteiger partial charge in [-0.05, 0) is 45.4 Å². The summed E-state index contributed by atoms with van der Waals surface area (Å²) in [6.45, 7) is 8.39. The zero-order valence-electron chi connectivity index (χ0n) is 14.8. The van der Waals surface area contributed by atoms with Crippen molar-refractivity contribution in [3.8, 4) is 0 Å². The van der Waals surface area contributed by atoms with Gasteiger partial charge in [0.25, 0.3) is 5.91 Å².